The molecule has 0 saturated carbocycles. The van der Waals surface area contributed by atoms with Crippen molar-refractivity contribution < 1.29 is 4.74 Å². The maximum Gasteiger partial charge on any atom is 0.256 e. The molecule has 2 rings (SSSR count). The molecule has 0 aliphatic rings. The summed E-state index contributed by atoms with van der Waals surface area (Å²) in [7, 11) is 1.62. The van der Waals surface area contributed by atoms with Gasteiger partial charge in [-0.15, -0.1) is 0 Å². The van der Waals surface area contributed by atoms with Gasteiger partial charge in [0.05, 0.1) is 12.7 Å². The van der Waals surface area contributed by atoms with Gasteiger partial charge >= 0.3 is 0 Å². The van der Waals surface area contributed by atoms with Gasteiger partial charge in [0, 0.05) is 6.42 Å². The third kappa shape index (κ3) is 2.99. The highest BCUT2D eigenvalue weighted by Gasteiger charge is 2.12. The number of hydrogen-bond acceptors (Lipinski definition) is 4. The number of methoxy groups -OCH3 is 1. The summed E-state index contributed by atoms with van der Waals surface area (Å²) in [6, 6.07) is 7.63. The highest BCUT2D eigenvalue weighted by atomic mass is 16.5. The van der Waals surface area contributed by atoms with E-state index in [9.17, 15) is 4.79 Å². The zero-order chi connectivity index (χ0) is 14.7. The summed E-state index contributed by atoms with van der Waals surface area (Å²) >= 11 is 0. The number of aromatic nitrogens is 2. The maximum atomic E-state index is 12.0. The zero-order valence-corrected chi connectivity index (χ0v) is 11.9. The van der Waals surface area contributed by atoms with Gasteiger partial charge in [0.2, 0.25) is 0 Å². The monoisotopic (exact) mass is 273 g/mol. The van der Waals surface area contributed by atoms with Crippen LogP contribution in [0.1, 0.15) is 36.7 Å². The fourth-order valence-corrected chi connectivity index (χ4v) is 2.17. The SMILES string of the molecule is COc1cccc(Cc2nc(N)c(C(C)C)c(=O)[nH]2)c1. The molecule has 1 aromatic heterocycles. The summed E-state index contributed by atoms with van der Waals surface area (Å²) in [6.07, 6.45) is 0.509. The van der Waals surface area contributed by atoms with Gasteiger partial charge in [-0.2, -0.15) is 0 Å². The molecule has 1 heterocycles. The van der Waals surface area contributed by atoms with Crippen molar-refractivity contribution in [2.24, 2.45) is 0 Å². The first kappa shape index (κ1) is 14.1. The Bertz CT molecular complexity index is 662. The largest absolute Gasteiger partial charge is 0.497 e. The summed E-state index contributed by atoms with van der Waals surface area (Å²) in [5, 5.41) is 0. The standard InChI is InChI=1S/C15H19N3O2/c1-9(2)13-14(16)17-12(18-15(13)19)8-10-5-4-6-11(7-10)20-3/h4-7,9H,8H2,1-3H3,(H3,16,17,18,19). The third-order valence-electron chi connectivity index (χ3n) is 3.12. The Morgan fingerprint density at radius 3 is 2.75 bits per heavy atom. The smallest absolute Gasteiger partial charge is 0.256 e. The van der Waals surface area contributed by atoms with E-state index in [1.807, 2.05) is 38.1 Å². The first-order chi connectivity index (χ1) is 9.51. The zero-order valence-electron chi connectivity index (χ0n) is 11.9. The Morgan fingerprint density at radius 1 is 1.40 bits per heavy atom. The average Bonchev–Trinajstić information content (AvgIpc) is 2.37. The van der Waals surface area contributed by atoms with Crippen LogP contribution in [0.15, 0.2) is 29.1 Å². The second-order valence-electron chi connectivity index (χ2n) is 4.99. The number of nitrogens with one attached hydrogen (secondary N) is 1. The van der Waals surface area contributed by atoms with Gasteiger partial charge in [0.1, 0.15) is 17.4 Å². The topological polar surface area (TPSA) is 81.0 Å². The summed E-state index contributed by atoms with van der Waals surface area (Å²) in [5.41, 5.74) is 7.26. The molecular formula is C15H19N3O2. The van der Waals surface area contributed by atoms with Crippen LogP contribution < -0.4 is 16.0 Å². The molecular weight excluding hydrogens is 254 g/mol. The van der Waals surface area contributed by atoms with Crippen LogP contribution in [0.25, 0.3) is 0 Å². The van der Waals surface area contributed by atoms with Crippen LogP contribution in [-0.4, -0.2) is 17.1 Å². The Morgan fingerprint density at radius 2 is 2.15 bits per heavy atom. The number of rotatable bonds is 4. The molecule has 5 heteroatoms. The lowest BCUT2D eigenvalue weighted by molar-refractivity contribution is 0.414. The molecule has 0 bridgehead atoms. The predicted molar refractivity (Wildman–Crippen MR) is 79.2 cm³/mol. The van der Waals surface area contributed by atoms with Gasteiger partial charge in [-0.3, -0.25) is 4.79 Å². The molecule has 0 atom stereocenters. The Hall–Kier alpha value is -2.30. The van der Waals surface area contributed by atoms with Crippen molar-refractivity contribution in [1.82, 2.24) is 9.97 Å². The number of anilines is 1. The number of nitrogen functional groups attached to an aromatic ring is 1. The predicted octanol–water partition coefficient (Wildman–Crippen LogP) is 2.07. The molecule has 0 amide bonds. The van der Waals surface area contributed by atoms with Gasteiger partial charge in [-0.1, -0.05) is 26.0 Å². The van der Waals surface area contributed by atoms with E-state index < -0.39 is 0 Å². The van der Waals surface area contributed by atoms with Gasteiger partial charge in [-0.25, -0.2) is 4.98 Å². The third-order valence-corrected chi connectivity index (χ3v) is 3.12. The van der Waals surface area contributed by atoms with Crippen LogP contribution in [0, 0.1) is 0 Å². The molecule has 0 radical (unpaired) electrons. The van der Waals surface area contributed by atoms with Gasteiger partial charge in [0.25, 0.3) is 5.56 Å². The number of nitrogens with two attached hydrogens (primary N) is 1. The van der Waals surface area contributed by atoms with E-state index in [2.05, 4.69) is 9.97 Å². The van der Waals surface area contributed by atoms with Crippen LogP contribution >= 0.6 is 0 Å². The number of H-pyrrole nitrogens is 1. The highest BCUT2D eigenvalue weighted by molar-refractivity contribution is 5.40. The fraction of sp³-hybridized carbons (Fsp3) is 0.333. The van der Waals surface area contributed by atoms with E-state index in [0.29, 0.717) is 23.6 Å². The second kappa shape index (κ2) is 5.77. The normalized spacial score (nSPS) is 10.8. The lowest BCUT2D eigenvalue weighted by Gasteiger charge is -2.09. The second-order valence-corrected chi connectivity index (χ2v) is 4.99. The van der Waals surface area contributed by atoms with Crippen LogP contribution in [0.4, 0.5) is 5.82 Å². The Labute approximate surface area is 117 Å². The quantitative estimate of drug-likeness (QED) is 0.893. The highest BCUT2D eigenvalue weighted by Crippen LogP contribution is 2.17. The van der Waals surface area contributed by atoms with Crippen molar-refractivity contribution in [3.05, 3.63) is 51.6 Å². The van der Waals surface area contributed by atoms with E-state index in [-0.39, 0.29) is 11.5 Å². The van der Waals surface area contributed by atoms with Crippen molar-refractivity contribution in [1.29, 1.82) is 0 Å². The first-order valence-corrected chi connectivity index (χ1v) is 6.52. The first-order valence-electron chi connectivity index (χ1n) is 6.52. The summed E-state index contributed by atoms with van der Waals surface area (Å²) in [4.78, 5) is 19.1. The van der Waals surface area contributed by atoms with Crippen LogP contribution in [0.5, 0.6) is 5.75 Å². The molecule has 0 fully saturated rings. The molecule has 0 unspecified atom stereocenters. The number of nitrogens with zero attached hydrogens (tertiary/aromatic N) is 1. The van der Waals surface area contributed by atoms with Crippen LogP contribution in [0.3, 0.4) is 0 Å². The molecule has 0 aliphatic carbocycles. The van der Waals surface area contributed by atoms with E-state index in [1.54, 1.807) is 7.11 Å². The number of aromatic amines is 1. The summed E-state index contributed by atoms with van der Waals surface area (Å²) in [5.74, 6) is 1.69. The van der Waals surface area contributed by atoms with Gasteiger partial charge < -0.3 is 15.5 Å². The van der Waals surface area contributed by atoms with E-state index in [1.165, 1.54) is 0 Å². The van der Waals surface area contributed by atoms with Crippen molar-refractivity contribution in [3.63, 3.8) is 0 Å². The Kier molecular flexibility index (Phi) is 4.08. The Balaban J connectivity index is 2.32. The van der Waals surface area contributed by atoms with Crippen molar-refractivity contribution in [2.75, 3.05) is 12.8 Å². The molecule has 0 aliphatic heterocycles. The molecule has 106 valence electrons. The van der Waals surface area contributed by atoms with Crippen molar-refractivity contribution >= 4 is 5.82 Å². The van der Waals surface area contributed by atoms with Gasteiger partial charge in [-0.05, 0) is 23.6 Å². The molecule has 0 saturated heterocycles. The number of hydrogen-bond donors (Lipinski definition) is 2. The average molecular weight is 273 g/mol. The van der Waals surface area contributed by atoms with Crippen molar-refractivity contribution in [3.8, 4) is 5.75 Å². The summed E-state index contributed by atoms with van der Waals surface area (Å²) < 4.78 is 5.17. The number of ether oxygens (including phenoxy) is 1. The van der Waals surface area contributed by atoms with Crippen molar-refractivity contribution in [2.45, 2.75) is 26.2 Å². The minimum atomic E-state index is -0.162. The molecule has 2 aromatic rings. The molecule has 3 N–H and O–H groups in total. The lowest BCUT2D eigenvalue weighted by Crippen LogP contribution is -2.20. The molecule has 20 heavy (non-hydrogen) atoms. The molecule has 1 aromatic carbocycles. The van der Waals surface area contributed by atoms with Crippen LogP contribution in [-0.2, 0) is 6.42 Å². The fourth-order valence-electron chi connectivity index (χ4n) is 2.17. The summed E-state index contributed by atoms with van der Waals surface area (Å²) in [6.45, 7) is 3.84. The minimum Gasteiger partial charge on any atom is -0.497 e. The van der Waals surface area contributed by atoms with E-state index in [4.69, 9.17) is 10.5 Å². The van der Waals surface area contributed by atoms with E-state index >= 15 is 0 Å². The minimum absolute atomic E-state index is 0.0529. The molecule has 5 nitrogen and oxygen atoms in total. The maximum absolute atomic E-state index is 12.0. The van der Waals surface area contributed by atoms with Crippen LogP contribution in [0.2, 0.25) is 0 Å². The molecule has 0 spiro atoms. The van der Waals surface area contributed by atoms with E-state index in [0.717, 1.165) is 11.3 Å². The lowest BCUT2D eigenvalue weighted by atomic mass is 10.1. The van der Waals surface area contributed by atoms with Gasteiger partial charge in [0.15, 0.2) is 0 Å². The number of benzene rings is 1.